The van der Waals surface area contributed by atoms with Crippen LogP contribution in [-0.2, 0) is 12.3 Å². The number of halogens is 2. The van der Waals surface area contributed by atoms with Crippen molar-refractivity contribution in [2.75, 3.05) is 0 Å². The van der Waals surface area contributed by atoms with Gasteiger partial charge in [-0.15, -0.1) is 11.8 Å². The van der Waals surface area contributed by atoms with Crippen LogP contribution in [-0.4, -0.2) is 6.04 Å². The summed E-state index contributed by atoms with van der Waals surface area (Å²) >= 11 is 11.7. The minimum atomic E-state index is 0.748. The molecule has 0 bridgehead atoms. The maximum atomic E-state index is 6.20. The van der Waals surface area contributed by atoms with Crippen LogP contribution in [0.4, 0.5) is 0 Å². The Morgan fingerprint density at radius 1 is 1.19 bits per heavy atom. The maximum Gasteiger partial charge on any atom is 0.0446 e. The molecule has 0 heterocycles. The highest BCUT2D eigenvalue weighted by atomic mass is 79.9. The second-order valence-electron chi connectivity index (χ2n) is 5.30. The van der Waals surface area contributed by atoms with Crippen LogP contribution in [0.15, 0.2) is 51.8 Å². The van der Waals surface area contributed by atoms with E-state index in [1.54, 1.807) is 0 Å². The largest absolute Gasteiger partial charge is 0.310 e. The molecule has 0 aliphatic heterocycles. The summed E-state index contributed by atoms with van der Waals surface area (Å²) < 4.78 is 1.16. The van der Waals surface area contributed by atoms with E-state index < -0.39 is 0 Å². The predicted molar refractivity (Wildman–Crippen MR) is 95.0 cm³/mol. The third-order valence-electron chi connectivity index (χ3n) is 3.51. The van der Waals surface area contributed by atoms with Gasteiger partial charge in [0.2, 0.25) is 0 Å². The fourth-order valence-electron chi connectivity index (χ4n) is 2.09. The van der Waals surface area contributed by atoms with Crippen molar-refractivity contribution < 1.29 is 0 Å². The van der Waals surface area contributed by atoms with E-state index in [1.807, 2.05) is 30.0 Å². The first-order valence-corrected chi connectivity index (χ1v) is 9.26. The molecule has 2 aromatic carbocycles. The Morgan fingerprint density at radius 3 is 2.71 bits per heavy atom. The Hall–Kier alpha value is -0.480. The Kier molecular flexibility index (Phi) is 5.28. The minimum Gasteiger partial charge on any atom is -0.310 e. The molecule has 3 rings (SSSR count). The van der Waals surface area contributed by atoms with E-state index in [0.29, 0.717) is 0 Å². The first kappa shape index (κ1) is 15.4. The maximum absolute atomic E-state index is 6.20. The second-order valence-corrected chi connectivity index (χ2v) is 7.58. The van der Waals surface area contributed by atoms with Crippen LogP contribution in [0, 0.1) is 0 Å². The zero-order valence-corrected chi connectivity index (χ0v) is 14.8. The molecular weight excluding hydrogens is 366 g/mol. The van der Waals surface area contributed by atoms with Gasteiger partial charge in [-0.1, -0.05) is 35.9 Å². The Balaban J connectivity index is 1.61. The van der Waals surface area contributed by atoms with Crippen LogP contribution in [0.3, 0.4) is 0 Å². The quantitative estimate of drug-likeness (QED) is 0.648. The highest BCUT2D eigenvalue weighted by molar-refractivity contribution is 9.10. The third kappa shape index (κ3) is 4.49. The number of hydrogen-bond acceptors (Lipinski definition) is 2. The molecule has 1 nitrogen and oxygen atoms in total. The Bertz CT molecular complexity index is 628. The average molecular weight is 383 g/mol. The Labute approximate surface area is 143 Å². The minimum absolute atomic E-state index is 0.748. The first-order valence-electron chi connectivity index (χ1n) is 7.10. The Morgan fingerprint density at radius 2 is 2.00 bits per heavy atom. The molecule has 0 unspecified atom stereocenters. The van der Waals surface area contributed by atoms with Crippen molar-refractivity contribution in [3.05, 3.63) is 63.1 Å². The van der Waals surface area contributed by atoms with Gasteiger partial charge in [0.1, 0.15) is 0 Å². The number of rotatable bonds is 6. The molecule has 2 aromatic rings. The van der Waals surface area contributed by atoms with Crippen LogP contribution >= 0.6 is 39.3 Å². The van der Waals surface area contributed by atoms with Gasteiger partial charge in [-0.25, -0.2) is 0 Å². The van der Waals surface area contributed by atoms with Gasteiger partial charge in [-0.05, 0) is 58.1 Å². The van der Waals surface area contributed by atoms with Crippen molar-refractivity contribution in [2.45, 2.75) is 36.1 Å². The molecule has 1 aliphatic carbocycles. The lowest BCUT2D eigenvalue weighted by Crippen LogP contribution is -2.15. The van der Waals surface area contributed by atoms with Gasteiger partial charge < -0.3 is 5.32 Å². The highest BCUT2D eigenvalue weighted by Gasteiger charge is 2.19. The first-order chi connectivity index (χ1) is 10.2. The molecule has 110 valence electrons. The van der Waals surface area contributed by atoms with Crippen molar-refractivity contribution in [2.24, 2.45) is 0 Å². The summed E-state index contributed by atoms with van der Waals surface area (Å²) in [5.74, 6) is 0.887. The molecule has 1 N–H and O–H groups in total. The lowest BCUT2D eigenvalue weighted by atomic mass is 10.2. The molecule has 21 heavy (non-hydrogen) atoms. The molecule has 0 spiro atoms. The molecule has 0 amide bonds. The molecular formula is C17H17BrClNS. The van der Waals surface area contributed by atoms with Crippen molar-refractivity contribution in [3.8, 4) is 0 Å². The molecule has 0 atom stereocenters. The predicted octanol–water partition coefficient (Wildman–Crippen LogP) is 5.65. The summed E-state index contributed by atoms with van der Waals surface area (Å²) in [5.41, 5.74) is 2.51. The smallest absolute Gasteiger partial charge is 0.0446 e. The van der Waals surface area contributed by atoms with E-state index in [2.05, 4.69) is 45.5 Å². The van der Waals surface area contributed by atoms with Crippen LogP contribution in [0.5, 0.6) is 0 Å². The second kappa shape index (κ2) is 7.19. The lowest BCUT2D eigenvalue weighted by Gasteiger charge is -2.09. The lowest BCUT2D eigenvalue weighted by molar-refractivity contribution is 0.687. The van der Waals surface area contributed by atoms with Crippen LogP contribution in [0.1, 0.15) is 24.0 Å². The van der Waals surface area contributed by atoms with E-state index in [0.717, 1.165) is 27.8 Å². The van der Waals surface area contributed by atoms with Crippen molar-refractivity contribution in [1.82, 2.24) is 5.32 Å². The number of thioether (sulfide) groups is 1. The van der Waals surface area contributed by atoms with Gasteiger partial charge in [-0.2, -0.15) is 0 Å². The SMILES string of the molecule is Clc1ccccc1CSc1ccc(CNC2CC2)cc1Br. The van der Waals surface area contributed by atoms with Crippen LogP contribution in [0.2, 0.25) is 5.02 Å². The van der Waals surface area contributed by atoms with Gasteiger partial charge in [0, 0.05) is 32.7 Å². The molecule has 1 aliphatic rings. The fraction of sp³-hybridized carbons (Fsp3) is 0.294. The van der Waals surface area contributed by atoms with E-state index >= 15 is 0 Å². The molecule has 0 aromatic heterocycles. The van der Waals surface area contributed by atoms with E-state index in [9.17, 15) is 0 Å². The van der Waals surface area contributed by atoms with Crippen LogP contribution in [0.25, 0.3) is 0 Å². The number of benzene rings is 2. The van der Waals surface area contributed by atoms with Crippen LogP contribution < -0.4 is 5.32 Å². The van der Waals surface area contributed by atoms with E-state index in [-0.39, 0.29) is 0 Å². The molecule has 0 radical (unpaired) electrons. The zero-order chi connectivity index (χ0) is 14.7. The van der Waals surface area contributed by atoms with Crippen molar-refractivity contribution >= 4 is 39.3 Å². The van der Waals surface area contributed by atoms with Crippen molar-refractivity contribution in [3.63, 3.8) is 0 Å². The molecule has 4 heteroatoms. The summed E-state index contributed by atoms with van der Waals surface area (Å²) in [6, 6.07) is 15.4. The van der Waals surface area contributed by atoms with Gasteiger partial charge in [0.15, 0.2) is 0 Å². The molecule has 1 saturated carbocycles. The van der Waals surface area contributed by atoms with E-state index in [4.69, 9.17) is 11.6 Å². The van der Waals surface area contributed by atoms with Crippen molar-refractivity contribution in [1.29, 1.82) is 0 Å². The summed E-state index contributed by atoms with van der Waals surface area (Å²) in [6.07, 6.45) is 2.65. The fourth-order valence-corrected chi connectivity index (χ4v) is 4.07. The monoisotopic (exact) mass is 381 g/mol. The summed E-state index contributed by atoms with van der Waals surface area (Å²) in [5, 5.41) is 4.38. The standard InChI is InChI=1S/C17H17BrClNS/c18-15-9-12(10-20-14-6-7-14)5-8-17(15)21-11-13-3-1-2-4-16(13)19/h1-5,8-9,14,20H,6-7,10-11H2. The normalized spacial score (nSPS) is 14.4. The molecule has 1 fully saturated rings. The zero-order valence-electron chi connectivity index (χ0n) is 11.6. The topological polar surface area (TPSA) is 12.0 Å². The van der Waals surface area contributed by atoms with Gasteiger partial charge >= 0.3 is 0 Å². The summed E-state index contributed by atoms with van der Waals surface area (Å²) in [6.45, 7) is 0.957. The molecule has 0 saturated heterocycles. The number of nitrogens with one attached hydrogen (secondary N) is 1. The third-order valence-corrected chi connectivity index (χ3v) is 5.92. The summed E-state index contributed by atoms with van der Waals surface area (Å²) in [4.78, 5) is 1.25. The van der Waals surface area contributed by atoms with Gasteiger partial charge in [-0.3, -0.25) is 0 Å². The highest BCUT2D eigenvalue weighted by Crippen LogP contribution is 2.32. The number of hydrogen-bond donors (Lipinski definition) is 1. The van der Waals surface area contributed by atoms with Gasteiger partial charge in [0.25, 0.3) is 0 Å². The summed E-state index contributed by atoms with van der Waals surface area (Å²) in [7, 11) is 0. The average Bonchev–Trinajstić information content (AvgIpc) is 3.30. The van der Waals surface area contributed by atoms with E-state index in [1.165, 1.54) is 28.9 Å². The van der Waals surface area contributed by atoms with Gasteiger partial charge in [0.05, 0.1) is 0 Å².